The number of rotatable bonds is 7. The Morgan fingerprint density at radius 2 is 2.10 bits per heavy atom. The van der Waals surface area contributed by atoms with Crippen LogP contribution in [-0.4, -0.2) is 16.1 Å². The molecule has 0 unspecified atom stereocenters. The summed E-state index contributed by atoms with van der Waals surface area (Å²) in [6, 6.07) is 5.23. The van der Waals surface area contributed by atoms with E-state index in [2.05, 4.69) is 28.7 Å². The summed E-state index contributed by atoms with van der Waals surface area (Å²) in [5.74, 6) is 0.745. The van der Waals surface area contributed by atoms with E-state index in [1.165, 1.54) is 6.07 Å². The second-order valence-electron chi connectivity index (χ2n) is 4.93. The first-order valence-corrected chi connectivity index (χ1v) is 7.27. The van der Waals surface area contributed by atoms with Crippen LogP contribution in [0.4, 0.5) is 4.39 Å². The SMILES string of the molecule is CCCNCc1cc(-c2nccn2CCC)ccc1F. The third-order valence-corrected chi connectivity index (χ3v) is 3.23. The number of aromatic nitrogens is 2. The lowest BCUT2D eigenvalue weighted by atomic mass is 10.1. The molecule has 0 saturated carbocycles. The molecule has 2 aromatic rings. The second-order valence-corrected chi connectivity index (χ2v) is 4.93. The number of nitrogens with zero attached hydrogens (tertiary/aromatic N) is 2. The van der Waals surface area contributed by atoms with E-state index in [1.54, 1.807) is 12.3 Å². The van der Waals surface area contributed by atoms with Crippen LogP contribution in [-0.2, 0) is 13.1 Å². The molecule has 0 aliphatic carbocycles. The van der Waals surface area contributed by atoms with E-state index < -0.39 is 0 Å². The molecule has 1 aromatic heterocycles. The Morgan fingerprint density at radius 1 is 1.25 bits per heavy atom. The Bertz CT molecular complexity index is 548. The molecule has 0 aliphatic heterocycles. The molecule has 1 N–H and O–H groups in total. The Kier molecular flexibility index (Phi) is 5.30. The zero-order chi connectivity index (χ0) is 14.4. The van der Waals surface area contributed by atoms with Gasteiger partial charge in [0, 0.05) is 36.6 Å². The third-order valence-electron chi connectivity index (χ3n) is 3.23. The number of hydrogen-bond donors (Lipinski definition) is 1. The van der Waals surface area contributed by atoms with E-state index in [1.807, 2.05) is 12.3 Å². The maximum Gasteiger partial charge on any atom is 0.139 e. The highest BCUT2D eigenvalue weighted by Crippen LogP contribution is 2.21. The minimum Gasteiger partial charge on any atom is -0.331 e. The summed E-state index contributed by atoms with van der Waals surface area (Å²) in [6.45, 7) is 6.61. The molecular formula is C16H22FN3. The van der Waals surface area contributed by atoms with Crippen molar-refractivity contribution in [2.75, 3.05) is 6.54 Å². The summed E-state index contributed by atoms with van der Waals surface area (Å²) in [6.07, 6.45) is 5.86. The number of halogens is 1. The molecule has 20 heavy (non-hydrogen) atoms. The molecule has 0 aliphatic rings. The van der Waals surface area contributed by atoms with Gasteiger partial charge < -0.3 is 9.88 Å². The van der Waals surface area contributed by atoms with Crippen LogP contribution in [0.5, 0.6) is 0 Å². The van der Waals surface area contributed by atoms with E-state index in [-0.39, 0.29) is 5.82 Å². The van der Waals surface area contributed by atoms with E-state index in [4.69, 9.17) is 0 Å². The van der Waals surface area contributed by atoms with Crippen molar-refractivity contribution in [1.82, 2.24) is 14.9 Å². The highest BCUT2D eigenvalue weighted by molar-refractivity contribution is 5.57. The molecule has 0 fully saturated rings. The summed E-state index contributed by atoms with van der Waals surface area (Å²) < 4.78 is 15.9. The predicted molar refractivity (Wildman–Crippen MR) is 79.9 cm³/mol. The lowest BCUT2D eigenvalue weighted by Gasteiger charge is -2.10. The van der Waals surface area contributed by atoms with Crippen LogP contribution in [0.2, 0.25) is 0 Å². The Hall–Kier alpha value is -1.68. The van der Waals surface area contributed by atoms with Gasteiger partial charge in [0.1, 0.15) is 11.6 Å². The first kappa shape index (κ1) is 14.7. The third kappa shape index (κ3) is 3.45. The van der Waals surface area contributed by atoms with Crippen molar-refractivity contribution in [1.29, 1.82) is 0 Å². The van der Waals surface area contributed by atoms with Crippen LogP contribution < -0.4 is 5.32 Å². The monoisotopic (exact) mass is 275 g/mol. The average molecular weight is 275 g/mol. The summed E-state index contributed by atoms with van der Waals surface area (Å²) in [4.78, 5) is 4.39. The Balaban J connectivity index is 2.23. The fraction of sp³-hybridized carbons (Fsp3) is 0.438. The van der Waals surface area contributed by atoms with Crippen molar-refractivity contribution in [2.45, 2.75) is 39.8 Å². The van der Waals surface area contributed by atoms with Gasteiger partial charge in [-0.3, -0.25) is 0 Å². The first-order chi connectivity index (χ1) is 9.76. The highest BCUT2D eigenvalue weighted by Gasteiger charge is 2.09. The molecule has 3 nitrogen and oxygen atoms in total. The molecule has 2 rings (SSSR count). The fourth-order valence-electron chi connectivity index (χ4n) is 2.24. The van der Waals surface area contributed by atoms with E-state index in [0.29, 0.717) is 12.1 Å². The zero-order valence-corrected chi connectivity index (χ0v) is 12.2. The van der Waals surface area contributed by atoms with Gasteiger partial charge in [-0.15, -0.1) is 0 Å². The van der Waals surface area contributed by atoms with Crippen LogP contribution in [0.1, 0.15) is 32.3 Å². The van der Waals surface area contributed by atoms with E-state index in [9.17, 15) is 4.39 Å². The minimum atomic E-state index is -0.161. The van der Waals surface area contributed by atoms with Gasteiger partial charge in [0.25, 0.3) is 0 Å². The molecule has 0 saturated heterocycles. The van der Waals surface area contributed by atoms with E-state index in [0.717, 1.165) is 37.3 Å². The summed E-state index contributed by atoms with van der Waals surface area (Å²) in [5, 5.41) is 3.24. The maximum atomic E-state index is 13.8. The van der Waals surface area contributed by atoms with Crippen molar-refractivity contribution in [3.05, 3.63) is 42.0 Å². The zero-order valence-electron chi connectivity index (χ0n) is 12.2. The van der Waals surface area contributed by atoms with Crippen molar-refractivity contribution >= 4 is 0 Å². The fourth-order valence-corrected chi connectivity index (χ4v) is 2.24. The molecule has 108 valence electrons. The Labute approximate surface area is 119 Å². The van der Waals surface area contributed by atoms with Crippen LogP contribution in [0.3, 0.4) is 0 Å². The summed E-state index contributed by atoms with van der Waals surface area (Å²) in [5.41, 5.74) is 1.67. The number of benzene rings is 1. The van der Waals surface area contributed by atoms with Crippen LogP contribution in [0, 0.1) is 5.82 Å². The summed E-state index contributed by atoms with van der Waals surface area (Å²) in [7, 11) is 0. The number of aryl methyl sites for hydroxylation is 1. The molecule has 0 amide bonds. The molecular weight excluding hydrogens is 253 g/mol. The average Bonchev–Trinajstić information content (AvgIpc) is 2.90. The van der Waals surface area contributed by atoms with Gasteiger partial charge in [0.15, 0.2) is 0 Å². The number of nitrogens with one attached hydrogen (secondary N) is 1. The van der Waals surface area contributed by atoms with Gasteiger partial charge in [-0.1, -0.05) is 13.8 Å². The van der Waals surface area contributed by atoms with Crippen LogP contribution >= 0.6 is 0 Å². The lowest BCUT2D eigenvalue weighted by Crippen LogP contribution is -2.15. The van der Waals surface area contributed by atoms with Crippen molar-refractivity contribution in [2.24, 2.45) is 0 Å². The molecule has 1 aromatic carbocycles. The predicted octanol–water partition coefficient (Wildman–Crippen LogP) is 3.60. The first-order valence-electron chi connectivity index (χ1n) is 7.27. The number of imidazole rings is 1. The van der Waals surface area contributed by atoms with Crippen LogP contribution in [0.15, 0.2) is 30.6 Å². The lowest BCUT2D eigenvalue weighted by molar-refractivity contribution is 0.586. The van der Waals surface area contributed by atoms with Gasteiger partial charge >= 0.3 is 0 Å². The molecule has 4 heteroatoms. The normalized spacial score (nSPS) is 10.9. The second kappa shape index (κ2) is 7.20. The Morgan fingerprint density at radius 3 is 2.85 bits per heavy atom. The molecule has 0 atom stereocenters. The van der Waals surface area contributed by atoms with Gasteiger partial charge in [-0.05, 0) is 37.6 Å². The topological polar surface area (TPSA) is 29.9 Å². The molecule has 1 heterocycles. The van der Waals surface area contributed by atoms with E-state index >= 15 is 0 Å². The minimum absolute atomic E-state index is 0.161. The van der Waals surface area contributed by atoms with Crippen LogP contribution in [0.25, 0.3) is 11.4 Å². The smallest absolute Gasteiger partial charge is 0.139 e. The van der Waals surface area contributed by atoms with Crippen molar-refractivity contribution < 1.29 is 4.39 Å². The molecule has 0 bridgehead atoms. The standard InChI is InChI=1S/C16H22FN3/c1-3-7-18-12-14-11-13(5-6-15(14)17)16-19-8-10-20(16)9-4-2/h5-6,8,10-11,18H,3-4,7,9,12H2,1-2H3. The van der Waals surface area contributed by atoms with Gasteiger partial charge in [-0.2, -0.15) is 0 Å². The highest BCUT2D eigenvalue weighted by atomic mass is 19.1. The maximum absolute atomic E-state index is 13.8. The molecule has 0 radical (unpaired) electrons. The summed E-state index contributed by atoms with van der Waals surface area (Å²) >= 11 is 0. The molecule has 0 spiro atoms. The van der Waals surface area contributed by atoms with Gasteiger partial charge in [-0.25, -0.2) is 9.37 Å². The number of hydrogen-bond acceptors (Lipinski definition) is 2. The largest absolute Gasteiger partial charge is 0.331 e. The van der Waals surface area contributed by atoms with Gasteiger partial charge in [0.05, 0.1) is 0 Å². The quantitative estimate of drug-likeness (QED) is 0.782. The van der Waals surface area contributed by atoms with Crippen molar-refractivity contribution in [3.63, 3.8) is 0 Å². The van der Waals surface area contributed by atoms with Gasteiger partial charge in [0.2, 0.25) is 0 Å². The van der Waals surface area contributed by atoms with Crippen molar-refractivity contribution in [3.8, 4) is 11.4 Å².